The number of aryl methyl sites for hydroxylation is 1. The fraction of sp³-hybridized carbons (Fsp3) is 0.727. The first kappa shape index (κ1) is 17.2. The molecule has 0 unspecified atom stereocenters. The zero-order valence-corrected chi connectivity index (χ0v) is 11.5. The van der Waals surface area contributed by atoms with Gasteiger partial charge in [0, 0.05) is 33.2 Å². The van der Waals surface area contributed by atoms with Crippen molar-refractivity contribution in [3.8, 4) is 0 Å². The molecule has 1 heterocycles. The Bertz CT molecular complexity index is 580. The molecule has 0 saturated carbocycles. The number of nitrogens with zero attached hydrogens (tertiary/aromatic N) is 3. The van der Waals surface area contributed by atoms with Crippen molar-refractivity contribution in [3.05, 3.63) is 20.8 Å². The van der Waals surface area contributed by atoms with Gasteiger partial charge in [-0.3, -0.25) is 9.36 Å². The second kappa shape index (κ2) is 7.25. The Labute approximate surface area is 118 Å². The molecule has 0 aliphatic carbocycles. The lowest BCUT2D eigenvalue weighted by molar-refractivity contribution is -0.136. The summed E-state index contributed by atoms with van der Waals surface area (Å²) >= 11 is 0. The minimum Gasteiger partial charge on any atom is -0.396 e. The molecule has 0 aliphatic rings. The highest BCUT2D eigenvalue weighted by molar-refractivity contribution is 5.29. The summed E-state index contributed by atoms with van der Waals surface area (Å²) in [6, 6.07) is 0. The van der Waals surface area contributed by atoms with Crippen molar-refractivity contribution in [1.29, 1.82) is 0 Å². The SMILES string of the molecule is Cn1c(=O)c(NCCCO)nn(CCCC(F)(F)F)c1=O. The van der Waals surface area contributed by atoms with E-state index in [9.17, 15) is 22.8 Å². The zero-order chi connectivity index (χ0) is 16.0. The molecule has 1 aromatic rings. The molecule has 0 saturated heterocycles. The van der Waals surface area contributed by atoms with E-state index in [4.69, 9.17) is 5.11 Å². The Hall–Kier alpha value is -1.84. The maximum Gasteiger partial charge on any atom is 0.389 e. The first-order valence-corrected chi connectivity index (χ1v) is 6.36. The number of halogens is 3. The van der Waals surface area contributed by atoms with Gasteiger partial charge in [0.15, 0.2) is 0 Å². The fourth-order valence-electron chi connectivity index (χ4n) is 1.60. The highest BCUT2D eigenvalue weighted by Crippen LogP contribution is 2.21. The van der Waals surface area contributed by atoms with Gasteiger partial charge >= 0.3 is 11.9 Å². The molecule has 0 atom stereocenters. The van der Waals surface area contributed by atoms with E-state index in [-0.39, 0.29) is 31.9 Å². The highest BCUT2D eigenvalue weighted by atomic mass is 19.4. The van der Waals surface area contributed by atoms with Crippen LogP contribution in [0.3, 0.4) is 0 Å². The molecule has 0 aliphatic heterocycles. The minimum absolute atomic E-state index is 0.0848. The van der Waals surface area contributed by atoms with Crippen LogP contribution in [0.5, 0.6) is 0 Å². The Morgan fingerprint density at radius 3 is 2.52 bits per heavy atom. The monoisotopic (exact) mass is 310 g/mol. The number of anilines is 1. The molecule has 0 radical (unpaired) electrons. The largest absolute Gasteiger partial charge is 0.396 e. The quantitative estimate of drug-likeness (QED) is 0.696. The number of aliphatic hydroxyl groups is 1. The Balaban J connectivity index is 2.88. The van der Waals surface area contributed by atoms with E-state index in [0.29, 0.717) is 6.42 Å². The first-order chi connectivity index (χ1) is 9.76. The highest BCUT2D eigenvalue weighted by Gasteiger charge is 2.26. The van der Waals surface area contributed by atoms with Crippen LogP contribution in [0.2, 0.25) is 0 Å². The Morgan fingerprint density at radius 1 is 1.29 bits per heavy atom. The van der Waals surface area contributed by atoms with Gasteiger partial charge < -0.3 is 10.4 Å². The van der Waals surface area contributed by atoms with Gasteiger partial charge in [-0.05, 0) is 12.8 Å². The number of alkyl halides is 3. The van der Waals surface area contributed by atoms with E-state index in [1.54, 1.807) is 0 Å². The summed E-state index contributed by atoms with van der Waals surface area (Å²) in [5.41, 5.74) is -1.43. The number of aromatic nitrogens is 3. The molecule has 1 aromatic heterocycles. The summed E-state index contributed by atoms with van der Waals surface area (Å²) in [6.45, 7) is -0.0564. The van der Waals surface area contributed by atoms with Gasteiger partial charge in [-0.1, -0.05) is 0 Å². The molecule has 7 nitrogen and oxygen atoms in total. The summed E-state index contributed by atoms with van der Waals surface area (Å²) in [7, 11) is 1.23. The Morgan fingerprint density at radius 2 is 1.95 bits per heavy atom. The number of nitrogens with one attached hydrogen (secondary N) is 1. The number of aliphatic hydroxyl groups excluding tert-OH is 1. The van der Waals surface area contributed by atoms with Crippen molar-refractivity contribution in [2.24, 2.45) is 7.05 Å². The van der Waals surface area contributed by atoms with Gasteiger partial charge in [0.1, 0.15) is 0 Å². The summed E-state index contributed by atoms with van der Waals surface area (Å²) in [4.78, 5) is 23.5. The van der Waals surface area contributed by atoms with Crippen molar-refractivity contribution >= 4 is 5.82 Å². The lowest BCUT2D eigenvalue weighted by Gasteiger charge is -2.11. The molecule has 0 aromatic carbocycles. The van der Waals surface area contributed by atoms with Gasteiger partial charge in [0.2, 0.25) is 5.82 Å². The number of hydrogen-bond donors (Lipinski definition) is 2. The van der Waals surface area contributed by atoms with Crippen molar-refractivity contribution in [1.82, 2.24) is 14.3 Å². The van der Waals surface area contributed by atoms with Crippen molar-refractivity contribution in [3.63, 3.8) is 0 Å². The van der Waals surface area contributed by atoms with Gasteiger partial charge in [-0.25, -0.2) is 9.48 Å². The molecule has 10 heteroatoms. The van der Waals surface area contributed by atoms with Crippen LogP contribution in [0.1, 0.15) is 19.3 Å². The first-order valence-electron chi connectivity index (χ1n) is 6.36. The van der Waals surface area contributed by atoms with Crippen LogP contribution in [-0.2, 0) is 13.6 Å². The third kappa shape index (κ3) is 5.21. The fourth-order valence-corrected chi connectivity index (χ4v) is 1.60. The van der Waals surface area contributed by atoms with Crippen LogP contribution in [0.15, 0.2) is 9.59 Å². The number of hydrogen-bond acceptors (Lipinski definition) is 5. The van der Waals surface area contributed by atoms with Gasteiger partial charge in [-0.15, -0.1) is 5.10 Å². The predicted molar refractivity (Wildman–Crippen MR) is 69.2 cm³/mol. The van der Waals surface area contributed by atoms with Crippen molar-refractivity contribution in [2.45, 2.75) is 32.0 Å². The number of rotatable bonds is 7. The van der Waals surface area contributed by atoms with Crippen LogP contribution >= 0.6 is 0 Å². The van der Waals surface area contributed by atoms with Crippen LogP contribution in [-0.4, -0.2) is 38.8 Å². The standard InChI is InChI=1S/C11H17F3N4O3/c1-17-9(20)8(15-5-3-7-19)16-18(10(17)21)6-2-4-11(12,13)14/h19H,2-7H2,1H3,(H,15,16). The average Bonchev–Trinajstić information content (AvgIpc) is 2.39. The van der Waals surface area contributed by atoms with E-state index in [1.807, 2.05) is 0 Å². The zero-order valence-electron chi connectivity index (χ0n) is 11.5. The molecule has 0 spiro atoms. The molecular weight excluding hydrogens is 293 g/mol. The molecule has 21 heavy (non-hydrogen) atoms. The summed E-state index contributed by atoms with van der Waals surface area (Å²) in [6.07, 6.45) is -5.26. The smallest absolute Gasteiger partial charge is 0.389 e. The van der Waals surface area contributed by atoms with Crippen molar-refractivity contribution < 1.29 is 18.3 Å². The van der Waals surface area contributed by atoms with Gasteiger partial charge in [0.05, 0.1) is 0 Å². The second-order valence-electron chi connectivity index (χ2n) is 4.44. The van der Waals surface area contributed by atoms with E-state index >= 15 is 0 Å². The van der Waals surface area contributed by atoms with Crippen LogP contribution in [0.4, 0.5) is 19.0 Å². The lowest BCUT2D eigenvalue weighted by atomic mass is 10.3. The maximum absolute atomic E-state index is 12.1. The Kier molecular flexibility index (Phi) is 5.94. The van der Waals surface area contributed by atoms with E-state index < -0.39 is 23.8 Å². The third-order valence-corrected chi connectivity index (χ3v) is 2.69. The molecule has 0 amide bonds. The topological polar surface area (TPSA) is 89.2 Å². The molecule has 0 bridgehead atoms. The minimum atomic E-state index is -4.30. The molecule has 1 rings (SSSR count). The summed E-state index contributed by atoms with van der Waals surface area (Å²) in [5.74, 6) is -0.127. The average molecular weight is 310 g/mol. The molecular formula is C11H17F3N4O3. The predicted octanol–water partition coefficient (Wildman–Crippen LogP) is 0.0788. The van der Waals surface area contributed by atoms with E-state index in [2.05, 4.69) is 10.4 Å². The summed E-state index contributed by atoms with van der Waals surface area (Å²) in [5, 5.41) is 15.0. The second-order valence-corrected chi connectivity index (χ2v) is 4.44. The third-order valence-electron chi connectivity index (χ3n) is 2.69. The van der Waals surface area contributed by atoms with E-state index in [0.717, 1.165) is 9.25 Å². The van der Waals surface area contributed by atoms with Crippen LogP contribution < -0.4 is 16.6 Å². The van der Waals surface area contributed by atoms with Crippen LogP contribution in [0.25, 0.3) is 0 Å². The van der Waals surface area contributed by atoms with Gasteiger partial charge in [-0.2, -0.15) is 13.2 Å². The molecule has 0 fully saturated rings. The van der Waals surface area contributed by atoms with Crippen molar-refractivity contribution in [2.75, 3.05) is 18.5 Å². The molecule has 120 valence electrons. The van der Waals surface area contributed by atoms with E-state index in [1.165, 1.54) is 7.05 Å². The maximum atomic E-state index is 12.1. The van der Waals surface area contributed by atoms with Gasteiger partial charge in [0.25, 0.3) is 5.56 Å². The lowest BCUT2D eigenvalue weighted by Crippen LogP contribution is -2.41. The molecule has 2 N–H and O–H groups in total. The summed E-state index contributed by atoms with van der Waals surface area (Å²) < 4.78 is 37.9. The van der Waals surface area contributed by atoms with Crippen LogP contribution in [0, 0.1) is 0 Å². The normalized spacial score (nSPS) is 11.7.